The van der Waals surface area contributed by atoms with Crippen molar-refractivity contribution >= 4 is 28.8 Å². The van der Waals surface area contributed by atoms with Crippen LogP contribution in [0.4, 0.5) is 0 Å². The van der Waals surface area contributed by atoms with Gasteiger partial charge < -0.3 is 4.74 Å². The van der Waals surface area contributed by atoms with Crippen molar-refractivity contribution in [2.75, 3.05) is 12.4 Å². The SMILES string of the molecule is C=CCSc1nc(=O)c2cc(C(=O)OCC)c(C)nc2n1-c1ccccc1. The van der Waals surface area contributed by atoms with Gasteiger partial charge in [-0.25, -0.2) is 9.78 Å². The first-order chi connectivity index (χ1) is 13.1. The van der Waals surface area contributed by atoms with E-state index in [0.717, 1.165) is 5.69 Å². The molecular weight excluding hydrogens is 362 g/mol. The maximum absolute atomic E-state index is 12.6. The Hall–Kier alpha value is -2.93. The standard InChI is InChI=1S/C20H19N3O3S/c1-4-11-27-20-22-18(24)16-12-15(19(25)26-5-2)13(3)21-17(16)23(20)14-9-7-6-8-10-14/h4,6-10,12H,1,5,11H2,2-3H3. The number of carbonyl (C=O) groups excluding carboxylic acids is 1. The van der Waals surface area contributed by atoms with Crippen molar-refractivity contribution in [3.05, 3.63) is 70.7 Å². The Morgan fingerprint density at radius 1 is 1.30 bits per heavy atom. The van der Waals surface area contributed by atoms with E-state index in [0.29, 0.717) is 22.3 Å². The molecule has 0 atom stereocenters. The van der Waals surface area contributed by atoms with Crippen LogP contribution >= 0.6 is 11.8 Å². The van der Waals surface area contributed by atoms with Gasteiger partial charge in [0, 0.05) is 11.4 Å². The summed E-state index contributed by atoms with van der Waals surface area (Å²) in [6.45, 7) is 7.43. The lowest BCUT2D eigenvalue weighted by molar-refractivity contribution is 0.0525. The summed E-state index contributed by atoms with van der Waals surface area (Å²) in [5, 5.41) is 0.796. The molecule has 1 aromatic carbocycles. The minimum Gasteiger partial charge on any atom is -0.462 e. The molecule has 0 fully saturated rings. The van der Waals surface area contributed by atoms with E-state index in [4.69, 9.17) is 4.74 Å². The van der Waals surface area contributed by atoms with Gasteiger partial charge in [-0.05, 0) is 32.0 Å². The summed E-state index contributed by atoms with van der Waals surface area (Å²) in [5.41, 5.74) is 1.63. The monoisotopic (exact) mass is 381 g/mol. The Labute approximate surface area is 160 Å². The molecule has 27 heavy (non-hydrogen) atoms. The van der Waals surface area contributed by atoms with Crippen LogP contribution in [-0.2, 0) is 4.74 Å². The van der Waals surface area contributed by atoms with Gasteiger partial charge >= 0.3 is 5.97 Å². The van der Waals surface area contributed by atoms with Crippen LogP contribution in [0.2, 0.25) is 0 Å². The molecule has 0 saturated carbocycles. The zero-order chi connectivity index (χ0) is 19.4. The number of aryl methyl sites for hydroxylation is 1. The Morgan fingerprint density at radius 2 is 2.04 bits per heavy atom. The zero-order valence-electron chi connectivity index (χ0n) is 15.1. The average molecular weight is 381 g/mol. The lowest BCUT2D eigenvalue weighted by Gasteiger charge is -2.15. The first-order valence-electron chi connectivity index (χ1n) is 8.47. The first kappa shape index (κ1) is 18.8. The highest BCUT2D eigenvalue weighted by Gasteiger charge is 2.19. The van der Waals surface area contributed by atoms with E-state index < -0.39 is 11.5 Å². The number of hydrogen-bond acceptors (Lipinski definition) is 6. The summed E-state index contributed by atoms with van der Waals surface area (Å²) in [5.74, 6) is 0.102. The number of pyridine rings is 1. The molecule has 0 aliphatic heterocycles. The summed E-state index contributed by atoms with van der Waals surface area (Å²) in [6.07, 6.45) is 1.75. The van der Waals surface area contributed by atoms with E-state index in [9.17, 15) is 9.59 Å². The topological polar surface area (TPSA) is 74.1 Å². The van der Waals surface area contributed by atoms with Crippen LogP contribution in [-0.4, -0.2) is 32.9 Å². The predicted molar refractivity (Wildman–Crippen MR) is 107 cm³/mol. The molecule has 0 saturated heterocycles. The van der Waals surface area contributed by atoms with Gasteiger partial charge in [-0.3, -0.25) is 9.36 Å². The van der Waals surface area contributed by atoms with Crippen LogP contribution < -0.4 is 5.56 Å². The number of hydrogen-bond donors (Lipinski definition) is 0. The van der Waals surface area contributed by atoms with Crippen molar-refractivity contribution in [3.63, 3.8) is 0 Å². The second-order valence-corrected chi connectivity index (χ2v) is 6.67. The Morgan fingerprint density at radius 3 is 2.70 bits per heavy atom. The quantitative estimate of drug-likeness (QED) is 0.281. The second kappa shape index (κ2) is 8.18. The third-order valence-corrected chi connectivity index (χ3v) is 4.80. The number of para-hydroxylation sites is 1. The maximum Gasteiger partial charge on any atom is 0.339 e. The number of carbonyl (C=O) groups is 1. The molecule has 138 valence electrons. The largest absolute Gasteiger partial charge is 0.462 e. The highest BCUT2D eigenvalue weighted by Crippen LogP contribution is 2.25. The van der Waals surface area contributed by atoms with Crippen molar-refractivity contribution in [2.24, 2.45) is 0 Å². The number of rotatable bonds is 6. The van der Waals surface area contributed by atoms with Crippen LogP contribution in [0.1, 0.15) is 23.0 Å². The maximum atomic E-state index is 12.6. The van der Waals surface area contributed by atoms with Crippen molar-refractivity contribution in [3.8, 4) is 5.69 Å². The van der Waals surface area contributed by atoms with Gasteiger partial charge in [0.05, 0.1) is 23.3 Å². The van der Waals surface area contributed by atoms with Crippen LogP contribution in [0.15, 0.2) is 59.0 Å². The molecule has 0 aliphatic rings. The van der Waals surface area contributed by atoms with Gasteiger partial charge in [-0.2, -0.15) is 4.98 Å². The molecule has 0 radical (unpaired) electrons. The van der Waals surface area contributed by atoms with Crippen molar-refractivity contribution in [2.45, 2.75) is 19.0 Å². The lowest BCUT2D eigenvalue weighted by atomic mass is 10.1. The number of fused-ring (bicyclic) bond motifs is 1. The Kier molecular flexibility index (Phi) is 5.71. The molecule has 0 N–H and O–H groups in total. The normalized spacial score (nSPS) is 10.7. The van der Waals surface area contributed by atoms with Gasteiger partial charge in [0.25, 0.3) is 5.56 Å². The van der Waals surface area contributed by atoms with E-state index in [2.05, 4.69) is 16.5 Å². The molecule has 0 unspecified atom stereocenters. The molecule has 0 spiro atoms. The summed E-state index contributed by atoms with van der Waals surface area (Å²) in [6, 6.07) is 11.1. The molecule has 3 aromatic rings. The van der Waals surface area contributed by atoms with Crippen LogP contribution in [0.5, 0.6) is 0 Å². The van der Waals surface area contributed by atoms with Gasteiger partial charge in [0.2, 0.25) is 0 Å². The predicted octanol–water partition coefficient (Wildman–Crippen LogP) is 3.54. The fourth-order valence-corrected chi connectivity index (χ4v) is 3.40. The smallest absolute Gasteiger partial charge is 0.339 e. The minimum absolute atomic E-state index is 0.250. The number of esters is 1. The van der Waals surface area contributed by atoms with Crippen LogP contribution in [0.3, 0.4) is 0 Å². The molecule has 2 aromatic heterocycles. The molecule has 2 heterocycles. The number of nitrogens with zero attached hydrogens (tertiary/aromatic N) is 3. The van der Waals surface area contributed by atoms with E-state index in [1.165, 1.54) is 17.8 Å². The van der Waals surface area contributed by atoms with Crippen LogP contribution in [0, 0.1) is 6.92 Å². The van der Waals surface area contributed by atoms with Crippen molar-refractivity contribution in [1.82, 2.24) is 14.5 Å². The molecule has 0 bridgehead atoms. The molecule has 7 heteroatoms. The number of ether oxygens (including phenoxy) is 1. The molecule has 6 nitrogen and oxygen atoms in total. The third-order valence-electron chi connectivity index (χ3n) is 3.86. The van der Waals surface area contributed by atoms with Crippen molar-refractivity contribution < 1.29 is 9.53 Å². The highest BCUT2D eigenvalue weighted by molar-refractivity contribution is 7.99. The lowest BCUT2D eigenvalue weighted by Crippen LogP contribution is -2.18. The fraction of sp³-hybridized carbons (Fsp3) is 0.200. The molecule has 3 rings (SSSR count). The Bertz CT molecular complexity index is 1060. The fourth-order valence-electron chi connectivity index (χ4n) is 2.66. The van der Waals surface area contributed by atoms with Crippen LogP contribution in [0.25, 0.3) is 16.7 Å². The van der Waals surface area contributed by atoms with E-state index >= 15 is 0 Å². The summed E-state index contributed by atoms with van der Waals surface area (Å²) in [4.78, 5) is 33.6. The van der Waals surface area contributed by atoms with Crippen molar-refractivity contribution in [1.29, 1.82) is 0 Å². The second-order valence-electron chi connectivity index (χ2n) is 5.68. The number of thioether (sulfide) groups is 1. The number of benzene rings is 1. The van der Waals surface area contributed by atoms with Gasteiger partial charge in [-0.1, -0.05) is 36.0 Å². The number of aromatic nitrogens is 3. The van der Waals surface area contributed by atoms with Gasteiger partial charge in [0.1, 0.15) is 0 Å². The average Bonchev–Trinajstić information content (AvgIpc) is 2.66. The molecule has 0 amide bonds. The Balaban J connectivity index is 2.33. The minimum atomic E-state index is -0.500. The highest BCUT2D eigenvalue weighted by atomic mass is 32.2. The third kappa shape index (κ3) is 3.78. The van der Waals surface area contributed by atoms with E-state index in [-0.39, 0.29) is 17.6 Å². The molecular formula is C20H19N3O3S. The summed E-state index contributed by atoms with van der Waals surface area (Å²) in [7, 11) is 0. The van der Waals surface area contributed by atoms with Gasteiger partial charge in [-0.15, -0.1) is 6.58 Å². The first-order valence-corrected chi connectivity index (χ1v) is 9.46. The molecule has 0 aliphatic carbocycles. The summed E-state index contributed by atoms with van der Waals surface area (Å²) >= 11 is 1.40. The van der Waals surface area contributed by atoms with E-state index in [1.54, 1.807) is 19.9 Å². The summed E-state index contributed by atoms with van der Waals surface area (Å²) < 4.78 is 6.89. The zero-order valence-corrected chi connectivity index (χ0v) is 16.0. The van der Waals surface area contributed by atoms with E-state index in [1.807, 2.05) is 34.9 Å². The van der Waals surface area contributed by atoms with Gasteiger partial charge in [0.15, 0.2) is 10.8 Å².